The molecule has 1 aromatic carbocycles. The quantitative estimate of drug-likeness (QED) is 0.376. The molecule has 0 saturated carbocycles. The second-order valence-electron chi connectivity index (χ2n) is 8.18. The molecule has 11 nitrogen and oxygen atoms in total. The zero-order chi connectivity index (χ0) is 26.8. The summed E-state index contributed by atoms with van der Waals surface area (Å²) in [4.78, 5) is 35.7. The molecule has 0 spiro atoms. The van der Waals surface area contributed by atoms with Gasteiger partial charge in [-0.2, -0.15) is 5.26 Å². The molecule has 0 bridgehead atoms. The molecule has 198 valence electrons. The van der Waals surface area contributed by atoms with Crippen LogP contribution in [0.3, 0.4) is 0 Å². The first-order valence-electron chi connectivity index (χ1n) is 11.6. The summed E-state index contributed by atoms with van der Waals surface area (Å²) in [7, 11) is 0. The zero-order valence-electron chi connectivity index (χ0n) is 20.1. The summed E-state index contributed by atoms with van der Waals surface area (Å²) >= 11 is 12.8. The van der Waals surface area contributed by atoms with Crippen LogP contribution in [0, 0.1) is 23.2 Å². The van der Waals surface area contributed by atoms with E-state index in [9.17, 15) is 19.6 Å². The van der Waals surface area contributed by atoms with E-state index < -0.39 is 17.9 Å². The number of nitrogens with zero attached hydrogens (tertiary/aromatic N) is 2. The van der Waals surface area contributed by atoms with Gasteiger partial charge >= 0.3 is 6.09 Å². The van der Waals surface area contributed by atoms with E-state index >= 15 is 0 Å². The number of rotatable bonds is 10. The van der Waals surface area contributed by atoms with Crippen molar-refractivity contribution >= 4 is 40.9 Å². The molecule has 1 unspecified atom stereocenters. The molecule has 1 fully saturated rings. The number of alkyl carbamates (subject to hydrolysis) is 1. The Labute approximate surface area is 223 Å². The van der Waals surface area contributed by atoms with Gasteiger partial charge in [-0.05, 0) is 43.9 Å². The molecule has 0 radical (unpaired) electrons. The van der Waals surface area contributed by atoms with Gasteiger partial charge in [0.25, 0.3) is 5.56 Å². The summed E-state index contributed by atoms with van der Waals surface area (Å²) < 4.78 is 17.5. The van der Waals surface area contributed by atoms with Crippen molar-refractivity contribution < 1.29 is 23.8 Å². The minimum Gasteiger partial charge on any atom is -0.453 e. The second kappa shape index (κ2) is 13.9. The Morgan fingerprint density at radius 1 is 1.24 bits per heavy atom. The van der Waals surface area contributed by atoms with Gasteiger partial charge in [-0.15, -0.1) is 0 Å². The summed E-state index contributed by atoms with van der Waals surface area (Å²) in [6, 6.07) is 7.85. The normalized spacial score (nSPS) is 14.3. The third-order valence-electron chi connectivity index (χ3n) is 5.48. The van der Waals surface area contributed by atoms with Crippen molar-refractivity contribution in [2.24, 2.45) is 11.8 Å². The van der Waals surface area contributed by atoms with Crippen molar-refractivity contribution in [3.8, 4) is 17.6 Å². The monoisotopic (exact) mass is 551 g/mol. The molecule has 13 heteroatoms. The Bertz CT molecular complexity index is 1190. The average Bonchev–Trinajstić information content (AvgIpc) is 2.86. The van der Waals surface area contributed by atoms with Crippen molar-refractivity contribution in [2.45, 2.75) is 26.3 Å². The number of halogens is 2. The molecular formula is C24H27Cl2N5O6. The van der Waals surface area contributed by atoms with Crippen molar-refractivity contribution in [1.29, 1.82) is 5.26 Å². The predicted molar refractivity (Wildman–Crippen MR) is 137 cm³/mol. The number of carbonyl (C=O) groups is 2. The number of carbonyl (C=O) groups excluding carboxylic acids is 2. The molecule has 1 aliphatic heterocycles. The number of amides is 2. The molecule has 2 amide bonds. The molecule has 1 saturated heterocycles. The maximum atomic E-state index is 12.3. The lowest BCUT2D eigenvalue weighted by Gasteiger charge is -2.23. The van der Waals surface area contributed by atoms with E-state index in [1.165, 1.54) is 18.2 Å². The van der Waals surface area contributed by atoms with Gasteiger partial charge in [-0.25, -0.2) is 10.2 Å². The van der Waals surface area contributed by atoms with Crippen LogP contribution in [0.15, 0.2) is 35.3 Å². The molecule has 37 heavy (non-hydrogen) atoms. The van der Waals surface area contributed by atoms with Crippen LogP contribution in [0.25, 0.3) is 0 Å². The van der Waals surface area contributed by atoms with E-state index in [1.54, 1.807) is 29.8 Å². The van der Waals surface area contributed by atoms with E-state index in [1.807, 2.05) is 5.32 Å². The Morgan fingerprint density at radius 3 is 2.59 bits per heavy atom. The van der Waals surface area contributed by atoms with Gasteiger partial charge in [0.05, 0.1) is 28.4 Å². The second-order valence-corrected chi connectivity index (χ2v) is 8.99. The van der Waals surface area contributed by atoms with Crippen molar-refractivity contribution in [2.75, 3.05) is 31.8 Å². The standard InChI is InChI=1S/C24H27Cl2N5O6/c1-2-36-24(34)29-23(33)16(11-27)12-28-30-17-9-19(25)22(20(26)10-17)37-18-3-4-21(32)31(14-18)13-15-5-7-35-8-6-15/h3-4,9-10,14-16,28,30H,2,5-8,12-13H2,1H3,(H,29,33,34). The van der Waals surface area contributed by atoms with Gasteiger partial charge in [0, 0.05) is 38.6 Å². The first-order valence-corrected chi connectivity index (χ1v) is 12.4. The van der Waals surface area contributed by atoms with E-state index in [4.69, 9.17) is 32.7 Å². The number of hydrazine groups is 1. The fourth-order valence-electron chi connectivity index (χ4n) is 3.57. The number of aromatic nitrogens is 1. The summed E-state index contributed by atoms with van der Waals surface area (Å²) in [6.45, 7) is 3.51. The number of imide groups is 1. The number of hydrogen-bond donors (Lipinski definition) is 3. The minimum absolute atomic E-state index is 0.0949. The van der Waals surface area contributed by atoms with Crippen molar-refractivity contribution in [3.63, 3.8) is 0 Å². The lowest BCUT2D eigenvalue weighted by Crippen LogP contribution is -2.40. The SMILES string of the molecule is CCOC(=O)NC(=O)C(C#N)CNNc1cc(Cl)c(Oc2ccc(=O)n(CC3CCOCC3)c2)c(Cl)c1. The Morgan fingerprint density at radius 2 is 1.95 bits per heavy atom. The smallest absolute Gasteiger partial charge is 0.413 e. The number of hydrogen-bond acceptors (Lipinski definition) is 9. The van der Waals surface area contributed by atoms with Crippen LogP contribution in [0.4, 0.5) is 10.5 Å². The fourth-order valence-corrected chi connectivity index (χ4v) is 4.14. The molecule has 3 rings (SSSR count). The van der Waals surface area contributed by atoms with Gasteiger partial charge in [-0.1, -0.05) is 23.2 Å². The maximum Gasteiger partial charge on any atom is 0.413 e. The van der Waals surface area contributed by atoms with Gasteiger partial charge < -0.3 is 24.2 Å². The summed E-state index contributed by atoms with van der Waals surface area (Å²) in [5.74, 6) is -1.01. The number of benzene rings is 1. The van der Waals surface area contributed by atoms with Crippen LogP contribution in [0.1, 0.15) is 19.8 Å². The summed E-state index contributed by atoms with van der Waals surface area (Å²) in [5.41, 5.74) is 5.83. The summed E-state index contributed by atoms with van der Waals surface area (Å²) in [6.07, 6.45) is 2.49. The van der Waals surface area contributed by atoms with Crippen LogP contribution in [-0.2, 0) is 20.8 Å². The van der Waals surface area contributed by atoms with Gasteiger partial charge in [0.2, 0.25) is 5.91 Å². The lowest BCUT2D eigenvalue weighted by molar-refractivity contribution is -0.122. The molecule has 2 aromatic rings. The topological polar surface area (TPSA) is 144 Å². The maximum absolute atomic E-state index is 12.3. The number of nitrogens with one attached hydrogen (secondary N) is 3. The van der Waals surface area contributed by atoms with E-state index in [-0.39, 0.29) is 34.5 Å². The average molecular weight is 552 g/mol. The first kappa shape index (κ1) is 28.3. The molecule has 3 N–H and O–H groups in total. The molecule has 1 aliphatic rings. The van der Waals surface area contributed by atoms with Gasteiger partial charge in [0.1, 0.15) is 11.7 Å². The fraction of sp³-hybridized carbons (Fsp3) is 0.417. The molecule has 1 aromatic heterocycles. The highest BCUT2D eigenvalue weighted by Crippen LogP contribution is 2.38. The number of ether oxygens (including phenoxy) is 3. The first-order chi connectivity index (χ1) is 17.8. The van der Waals surface area contributed by atoms with Gasteiger partial charge in [0.15, 0.2) is 5.75 Å². The van der Waals surface area contributed by atoms with Gasteiger partial charge in [-0.3, -0.25) is 14.9 Å². The molecule has 0 aliphatic carbocycles. The molecule has 2 heterocycles. The number of nitriles is 1. The largest absolute Gasteiger partial charge is 0.453 e. The molecular weight excluding hydrogens is 525 g/mol. The van der Waals surface area contributed by atoms with Crippen molar-refractivity contribution in [3.05, 3.63) is 50.9 Å². The third-order valence-corrected chi connectivity index (χ3v) is 6.04. The van der Waals surface area contributed by atoms with Crippen LogP contribution in [0.5, 0.6) is 11.5 Å². The van der Waals surface area contributed by atoms with Crippen LogP contribution in [0.2, 0.25) is 10.0 Å². The summed E-state index contributed by atoms with van der Waals surface area (Å²) in [5, 5.41) is 11.6. The lowest BCUT2D eigenvalue weighted by atomic mass is 10.0. The minimum atomic E-state index is -1.16. The Balaban J connectivity index is 1.61. The van der Waals surface area contributed by atoms with Crippen LogP contribution >= 0.6 is 23.2 Å². The third kappa shape index (κ3) is 8.36. The van der Waals surface area contributed by atoms with E-state index in [2.05, 4.69) is 15.6 Å². The Kier molecular flexibility index (Phi) is 10.6. The predicted octanol–water partition coefficient (Wildman–Crippen LogP) is 3.70. The highest BCUT2D eigenvalue weighted by molar-refractivity contribution is 6.37. The highest BCUT2D eigenvalue weighted by Gasteiger charge is 2.21. The highest BCUT2D eigenvalue weighted by atomic mass is 35.5. The Hall–Kier alpha value is -3.30. The van der Waals surface area contributed by atoms with Crippen LogP contribution in [-0.4, -0.2) is 42.9 Å². The molecule has 1 atom stereocenters. The number of pyridine rings is 1. The van der Waals surface area contributed by atoms with Crippen LogP contribution < -0.4 is 26.5 Å². The van der Waals surface area contributed by atoms with Crippen molar-refractivity contribution in [1.82, 2.24) is 15.3 Å². The zero-order valence-corrected chi connectivity index (χ0v) is 21.6. The van der Waals surface area contributed by atoms with E-state index in [0.29, 0.717) is 37.1 Å². The van der Waals surface area contributed by atoms with E-state index in [0.717, 1.165) is 12.8 Å². The number of anilines is 1.